The summed E-state index contributed by atoms with van der Waals surface area (Å²) in [6, 6.07) is 15.0. The van der Waals surface area contributed by atoms with Gasteiger partial charge in [0, 0.05) is 11.8 Å². The Bertz CT molecular complexity index is 1800. The van der Waals surface area contributed by atoms with Gasteiger partial charge in [0.1, 0.15) is 0 Å². The van der Waals surface area contributed by atoms with Gasteiger partial charge in [0.05, 0.1) is 64.4 Å². The van der Waals surface area contributed by atoms with Gasteiger partial charge in [0.25, 0.3) is 0 Å². The van der Waals surface area contributed by atoms with Crippen LogP contribution in [0.2, 0.25) is 0 Å². The first-order chi connectivity index (χ1) is 24.6. The van der Waals surface area contributed by atoms with Crippen LogP contribution in [0, 0.1) is 23.3 Å². The lowest BCUT2D eigenvalue weighted by Crippen LogP contribution is -2.31. The molecule has 272 valence electrons. The number of anilines is 1. The number of benzene rings is 4. The molecule has 0 radical (unpaired) electrons. The van der Waals surface area contributed by atoms with E-state index in [9.17, 15) is 27.6 Å². The summed E-state index contributed by atoms with van der Waals surface area (Å²) in [5.74, 6) is -4.62. The van der Waals surface area contributed by atoms with Crippen molar-refractivity contribution in [1.82, 2.24) is 5.06 Å². The molecule has 2 N–H and O–H groups in total. The number of hydroxylamine groups is 2. The quantitative estimate of drug-likeness (QED) is 0.0330. The highest BCUT2D eigenvalue weighted by Crippen LogP contribution is 2.48. The molecule has 2 atom stereocenters. The lowest BCUT2D eigenvalue weighted by Gasteiger charge is -2.22. The van der Waals surface area contributed by atoms with Gasteiger partial charge in [-0.1, -0.05) is 30.3 Å². The number of urea groups is 1. The van der Waals surface area contributed by atoms with E-state index in [0.29, 0.717) is 58.0 Å². The van der Waals surface area contributed by atoms with Crippen LogP contribution in [0.3, 0.4) is 0 Å². The highest BCUT2D eigenvalue weighted by Gasteiger charge is 2.31. The van der Waals surface area contributed by atoms with Crippen LogP contribution in [0.15, 0.2) is 65.6 Å². The molecule has 2 amide bonds. The standard InChI is InChI=1S/C36H36F4N2O8S/c1-45-28-15-21(26-10-11-27(50-26)22-16-29(46-2)34(48-4)30(17-22)47-3)14-25(41-36(43)42(44)19-20-8-6-5-7-9-20)33(28)49-12-13-51-35-31(39)23(37)18-24(38)32(35)40/h5-9,14-18,26-27,44H,10-13,19H2,1-4H3,(H,41,43). The van der Waals surface area contributed by atoms with Crippen LogP contribution in [0.4, 0.5) is 28.0 Å². The summed E-state index contributed by atoms with van der Waals surface area (Å²) in [5, 5.41) is 13.8. The van der Waals surface area contributed by atoms with Crippen LogP contribution in [0.1, 0.15) is 41.7 Å². The van der Waals surface area contributed by atoms with Gasteiger partial charge >= 0.3 is 6.03 Å². The number of carbonyl (C=O) groups excluding carboxylic acids is 1. The minimum absolute atomic E-state index is 0.0360. The lowest BCUT2D eigenvalue weighted by atomic mass is 10.0. The van der Waals surface area contributed by atoms with Gasteiger partial charge in [-0.3, -0.25) is 5.21 Å². The highest BCUT2D eigenvalue weighted by atomic mass is 32.2. The average Bonchev–Trinajstić information content (AvgIpc) is 3.64. The molecule has 5 rings (SSSR count). The van der Waals surface area contributed by atoms with Crippen molar-refractivity contribution >= 4 is 23.5 Å². The zero-order valence-corrected chi connectivity index (χ0v) is 29.0. The maximum absolute atomic E-state index is 14.2. The van der Waals surface area contributed by atoms with E-state index in [1.807, 2.05) is 12.1 Å². The number of hydrogen-bond acceptors (Lipinski definition) is 9. The van der Waals surface area contributed by atoms with Crippen LogP contribution in [0.5, 0.6) is 28.7 Å². The molecule has 1 aliphatic heterocycles. The first-order valence-electron chi connectivity index (χ1n) is 15.7. The molecule has 4 aromatic rings. The number of hydrogen-bond donors (Lipinski definition) is 2. The Morgan fingerprint density at radius 2 is 1.37 bits per heavy atom. The molecule has 0 aromatic heterocycles. The van der Waals surface area contributed by atoms with Gasteiger partial charge in [0.2, 0.25) is 5.75 Å². The number of thioether (sulfide) groups is 1. The van der Waals surface area contributed by atoms with Gasteiger partial charge < -0.3 is 33.7 Å². The van der Waals surface area contributed by atoms with Crippen molar-refractivity contribution in [2.24, 2.45) is 0 Å². The van der Waals surface area contributed by atoms with E-state index in [2.05, 4.69) is 5.32 Å². The Kier molecular flexibility index (Phi) is 12.4. The number of rotatable bonds is 14. The van der Waals surface area contributed by atoms with Crippen molar-refractivity contribution in [3.63, 3.8) is 0 Å². The zero-order valence-electron chi connectivity index (χ0n) is 28.1. The summed E-state index contributed by atoms with van der Waals surface area (Å²) >= 11 is 0.513. The van der Waals surface area contributed by atoms with Crippen molar-refractivity contribution in [3.05, 3.63) is 101 Å². The van der Waals surface area contributed by atoms with Gasteiger partial charge in [-0.05, 0) is 53.8 Å². The number of ether oxygens (including phenoxy) is 6. The number of amides is 2. The fraction of sp³-hybridized carbons (Fsp3) is 0.306. The van der Waals surface area contributed by atoms with Gasteiger partial charge in [-0.2, -0.15) is 0 Å². The van der Waals surface area contributed by atoms with Gasteiger partial charge in [-0.25, -0.2) is 27.4 Å². The Morgan fingerprint density at radius 1 is 0.824 bits per heavy atom. The van der Waals surface area contributed by atoms with Crippen LogP contribution < -0.4 is 29.0 Å². The topological polar surface area (TPSA) is 108 Å². The van der Waals surface area contributed by atoms with E-state index in [1.54, 1.807) is 42.5 Å². The summed E-state index contributed by atoms with van der Waals surface area (Å²) in [7, 11) is 5.94. The first kappa shape index (κ1) is 37.4. The Labute approximate surface area is 296 Å². The molecule has 1 fully saturated rings. The lowest BCUT2D eigenvalue weighted by molar-refractivity contribution is -0.0449. The Balaban J connectivity index is 1.40. The number of halogens is 4. The molecule has 0 aliphatic carbocycles. The molecule has 2 unspecified atom stereocenters. The normalized spacial score (nSPS) is 15.3. The van der Waals surface area contributed by atoms with E-state index in [4.69, 9.17) is 28.4 Å². The molecular weight excluding hydrogens is 696 g/mol. The van der Waals surface area contributed by atoms with Gasteiger partial charge in [0.15, 0.2) is 46.3 Å². The fourth-order valence-electron chi connectivity index (χ4n) is 5.59. The van der Waals surface area contributed by atoms with Gasteiger partial charge in [-0.15, -0.1) is 11.8 Å². The molecule has 0 bridgehead atoms. The number of nitrogens with zero attached hydrogens (tertiary/aromatic N) is 1. The third-order valence-electron chi connectivity index (χ3n) is 8.05. The summed E-state index contributed by atoms with van der Waals surface area (Å²) < 4.78 is 90.3. The summed E-state index contributed by atoms with van der Waals surface area (Å²) in [4.78, 5) is 12.4. The molecule has 0 spiro atoms. The monoisotopic (exact) mass is 732 g/mol. The molecule has 1 heterocycles. The molecule has 0 saturated carbocycles. The van der Waals surface area contributed by atoms with Crippen LogP contribution in [-0.2, 0) is 11.3 Å². The Morgan fingerprint density at radius 3 is 1.92 bits per heavy atom. The van der Waals surface area contributed by atoms with Crippen molar-refractivity contribution < 1.29 is 56.0 Å². The molecular formula is C36H36F4N2O8S. The minimum atomic E-state index is -1.52. The highest BCUT2D eigenvalue weighted by molar-refractivity contribution is 7.99. The van der Waals surface area contributed by atoms with E-state index >= 15 is 0 Å². The van der Waals surface area contributed by atoms with Crippen molar-refractivity contribution in [1.29, 1.82) is 0 Å². The third-order valence-corrected chi connectivity index (χ3v) is 9.06. The number of nitrogens with one attached hydrogen (secondary N) is 1. The molecule has 15 heteroatoms. The number of carbonyl (C=O) groups is 1. The maximum atomic E-state index is 14.2. The molecule has 1 saturated heterocycles. The van der Waals surface area contributed by atoms with Crippen molar-refractivity contribution in [2.45, 2.75) is 36.5 Å². The fourth-order valence-corrected chi connectivity index (χ4v) is 6.41. The zero-order chi connectivity index (χ0) is 36.7. The molecule has 1 aliphatic rings. The van der Waals surface area contributed by atoms with E-state index in [-0.39, 0.29) is 48.3 Å². The molecule has 4 aromatic carbocycles. The number of methoxy groups -OCH3 is 4. The summed E-state index contributed by atoms with van der Waals surface area (Å²) in [6.07, 6.45) is 0.383. The first-order valence-corrected chi connectivity index (χ1v) is 16.6. The van der Waals surface area contributed by atoms with E-state index in [0.717, 1.165) is 5.56 Å². The molecule has 10 nitrogen and oxygen atoms in total. The van der Waals surface area contributed by atoms with Crippen LogP contribution >= 0.6 is 11.8 Å². The summed E-state index contributed by atoms with van der Waals surface area (Å²) in [6.45, 7) is -0.351. The SMILES string of the molecule is COc1cc(C2CCC(c3cc(OC)c(OC)c(OC)c3)O2)cc(NC(=O)N(O)Cc2ccccc2)c1OCCSc1c(F)c(F)cc(F)c1F. The molecule has 51 heavy (non-hydrogen) atoms. The summed E-state index contributed by atoms with van der Waals surface area (Å²) in [5.41, 5.74) is 2.18. The third kappa shape index (κ3) is 8.55. The predicted octanol–water partition coefficient (Wildman–Crippen LogP) is 8.46. The maximum Gasteiger partial charge on any atom is 0.345 e. The smallest absolute Gasteiger partial charge is 0.345 e. The minimum Gasteiger partial charge on any atom is -0.493 e. The second-order valence-electron chi connectivity index (χ2n) is 11.2. The van der Waals surface area contributed by atoms with Crippen LogP contribution in [0.25, 0.3) is 0 Å². The van der Waals surface area contributed by atoms with Crippen molar-refractivity contribution in [3.8, 4) is 28.7 Å². The van der Waals surface area contributed by atoms with E-state index < -0.39 is 40.3 Å². The van der Waals surface area contributed by atoms with E-state index in [1.165, 1.54) is 28.4 Å². The van der Waals surface area contributed by atoms with Crippen molar-refractivity contribution in [2.75, 3.05) is 46.1 Å². The largest absolute Gasteiger partial charge is 0.493 e. The second-order valence-corrected chi connectivity index (χ2v) is 12.3. The van der Waals surface area contributed by atoms with Crippen LogP contribution in [-0.4, -0.2) is 57.1 Å². The average molecular weight is 733 g/mol. The predicted molar refractivity (Wildman–Crippen MR) is 180 cm³/mol. The Hall–Kier alpha value is -4.86. The second kappa shape index (κ2) is 16.9.